The SMILES string of the molecule is CC/C=C/C/C=C/C/C=C/C/C=C/C/C=C/CCCCCC(=O)OCC(CO[C@@H]1O[C@H](CO[C@@H]2O[C@H](CO)[C@H](O)C(O)C2O)[C@H](O)C(O)C1O)OC(=O)CC/C=C/C/C=C/CCCCCCCC. The van der Waals surface area contributed by atoms with Gasteiger partial charge in [-0.25, -0.2) is 0 Å². The molecule has 15 nitrogen and oxygen atoms in total. The molecule has 2 heterocycles. The van der Waals surface area contributed by atoms with Crippen LogP contribution in [0.15, 0.2) is 85.1 Å². The van der Waals surface area contributed by atoms with Gasteiger partial charge in [-0.15, -0.1) is 0 Å². The molecule has 0 aromatic carbocycles. The normalized spacial score (nSPS) is 26.5. The highest BCUT2D eigenvalue weighted by atomic mass is 16.7. The molecule has 0 radical (unpaired) electrons. The molecule has 7 N–H and O–H groups in total. The Labute approximate surface area is 405 Å². The summed E-state index contributed by atoms with van der Waals surface area (Å²) in [6.45, 7) is 2.34. The molecule has 68 heavy (non-hydrogen) atoms. The van der Waals surface area contributed by atoms with Crippen molar-refractivity contribution in [3.8, 4) is 0 Å². The zero-order valence-electron chi connectivity index (χ0n) is 40.8. The maximum absolute atomic E-state index is 12.9. The van der Waals surface area contributed by atoms with E-state index >= 15 is 0 Å². The van der Waals surface area contributed by atoms with Crippen LogP contribution in [0, 0.1) is 0 Å². The fourth-order valence-electron chi connectivity index (χ4n) is 7.24. The van der Waals surface area contributed by atoms with E-state index in [9.17, 15) is 45.3 Å². The van der Waals surface area contributed by atoms with E-state index in [0.717, 1.165) is 64.2 Å². The smallest absolute Gasteiger partial charge is 0.306 e. The second-order valence-corrected chi connectivity index (χ2v) is 17.3. The zero-order valence-corrected chi connectivity index (χ0v) is 40.8. The molecule has 0 amide bonds. The third-order valence-corrected chi connectivity index (χ3v) is 11.4. The first-order chi connectivity index (χ1) is 33.0. The number of hydrogen-bond acceptors (Lipinski definition) is 15. The summed E-state index contributed by atoms with van der Waals surface area (Å²) in [7, 11) is 0. The van der Waals surface area contributed by atoms with Crippen LogP contribution in [-0.4, -0.2) is 142 Å². The maximum atomic E-state index is 12.9. The van der Waals surface area contributed by atoms with Crippen molar-refractivity contribution < 1.29 is 73.8 Å². The largest absolute Gasteiger partial charge is 0.462 e. The Kier molecular flexibility index (Phi) is 35.2. The van der Waals surface area contributed by atoms with E-state index in [1.807, 2.05) is 12.2 Å². The molecule has 5 unspecified atom stereocenters. The van der Waals surface area contributed by atoms with E-state index in [0.29, 0.717) is 12.8 Å². The van der Waals surface area contributed by atoms with Crippen molar-refractivity contribution in [3.05, 3.63) is 85.1 Å². The van der Waals surface area contributed by atoms with Gasteiger partial charge in [-0.3, -0.25) is 9.59 Å². The number of unbranched alkanes of at least 4 members (excludes halogenated alkanes) is 9. The molecule has 2 rings (SSSR count). The van der Waals surface area contributed by atoms with Crippen LogP contribution < -0.4 is 0 Å². The van der Waals surface area contributed by atoms with Gasteiger partial charge in [0.25, 0.3) is 0 Å². The monoisotopic (exact) mass is 963 g/mol. The highest BCUT2D eigenvalue weighted by Gasteiger charge is 2.47. The lowest BCUT2D eigenvalue weighted by atomic mass is 9.98. The van der Waals surface area contributed by atoms with Crippen LogP contribution in [0.1, 0.15) is 142 Å². The van der Waals surface area contributed by atoms with E-state index in [-0.39, 0.29) is 19.4 Å². The Balaban J connectivity index is 1.85. The lowest BCUT2D eigenvalue weighted by Gasteiger charge is -2.42. The van der Waals surface area contributed by atoms with Gasteiger partial charge in [-0.05, 0) is 77.0 Å². The molecular weight excluding hydrogens is 877 g/mol. The van der Waals surface area contributed by atoms with Crippen LogP contribution in [0.5, 0.6) is 0 Å². The van der Waals surface area contributed by atoms with Crippen LogP contribution in [0.4, 0.5) is 0 Å². The number of esters is 2. The summed E-state index contributed by atoms with van der Waals surface area (Å²) >= 11 is 0. The standard InChI is InChI=1S/C53H86O15/c1-3-5-7-9-11-13-15-17-18-19-20-21-22-24-25-27-29-31-33-35-44(55)63-38-41(66-45(56)36-34-32-30-28-26-23-16-14-12-10-8-6-4-2)39-64-52-51(62)49(60)47(58)43(68-52)40-65-53-50(61)48(59)46(57)42(37-54)67-53/h5,7,11,13,17-18,20-21,23-26,30,32,41-43,46-54,57-62H,3-4,6,8-10,12,14-16,19,22,27-29,31,33-40H2,1-2H3/b7-5+,13-11+,18-17+,21-20+,25-24+,26-23+,32-30+/t41?,42-,43-,46+,47+,48?,49?,50?,51?,52-,53-/m1/s1. The Bertz CT molecular complexity index is 1510. The number of aliphatic hydroxyl groups excluding tert-OH is 7. The van der Waals surface area contributed by atoms with Crippen LogP contribution in [0.2, 0.25) is 0 Å². The van der Waals surface area contributed by atoms with Crippen molar-refractivity contribution in [1.29, 1.82) is 0 Å². The predicted octanol–water partition coefficient (Wildman–Crippen LogP) is 6.82. The molecule has 2 aliphatic heterocycles. The summed E-state index contributed by atoms with van der Waals surface area (Å²) in [5.41, 5.74) is 0. The molecule has 15 heteroatoms. The van der Waals surface area contributed by atoms with Gasteiger partial charge in [-0.2, -0.15) is 0 Å². The lowest BCUT2D eigenvalue weighted by molar-refractivity contribution is -0.332. The van der Waals surface area contributed by atoms with E-state index < -0.39 is 99.3 Å². The predicted molar refractivity (Wildman–Crippen MR) is 261 cm³/mol. The second kappa shape index (κ2) is 39.4. The third-order valence-electron chi connectivity index (χ3n) is 11.4. The number of hydrogen-bond donors (Lipinski definition) is 7. The van der Waals surface area contributed by atoms with Crippen molar-refractivity contribution >= 4 is 11.9 Å². The summed E-state index contributed by atoms with van der Waals surface area (Å²) < 4.78 is 33.4. The van der Waals surface area contributed by atoms with Crippen LogP contribution in [0.3, 0.4) is 0 Å². The van der Waals surface area contributed by atoms with Crippen molar-refractivity contribution in [1.82, 2.24) is 0 Å². The first kappa shape index (κ1) is 60.8. The van der Waals surface area contributed by atoms with E-state index in [1.54, 1.807) is 0 Å². The molecule has 0 aromatic heterocycles. The molecule has 0 bridgehead atoms. The highest BCUT2D eigenvalue weighted by molar-refractivity contribution is 5.70. The number of aliphatic hydroxyl groups is 7. The number of allylic oxidation sites excluding steroid dienone is 14. The summed E-state index contributed by atoms with van der Waals surface area (Å²) in [6.07, 6.45) is 30.6. The summed E-state index contributed by atoms with van der Waals surface area (Å²) in [4.78, 5) is 25.7. The Morgan fingerprint density at radius 1 is 0.485 bits per heavy atom. The van der Waals surface area contributed by atoms with Crippen molar-refractivity contribution in [2.24, 2.45) is 0 Å². The molecule has 11 atom stereocenters. The highest BCUT2D eigenvalue weighted by Crippen LogP contribution is 2.26. The van der Waals surface area contributed by atoms with Crippen LogP contribution in [-0.2, 0) is 38.0 Å². The van der Waals surface area contributed by atoms with Gasteiger partial charge in [0.2, 0.25) is 0 Å². The molecule has 0 spiro atoms. The molecule has 388 valence electrons. The van der Waals surface area contributed by atoms with Crippen LogP contribution >= 0.6 is 0 Å². The van der Waals surface area contributed by atoms with Gasteiger partial charge < -0.3 is 64.2 Å². The third kappa shape index (κ3) is 27.2. The number of carbonyl (C=O) groups is 2. The average Bonchev–Trinajstić information content (AvgIpc) is 3.33. The number of rotatable bonds is 37. The van der Waals surface area contributed by atoms with Crippen molar-refractivity contribution in [2.75, 3.05) is 26.4 Å². The first-order valence-corrected chi connectivity index (χ1v) is 25.2. The maximum Gasteiger partial charge on any atom is 0.306 e. The van der Waals surface area contributed by atoms with Crippen LogP contribution in [0.25, 0.3) is 0 Å². The molecule has 0 saturated carbocycles. The average molecular weight is 963 g/mol. The van der Waals surface area contributed by atoms with E-state index in [2.05, 4.69) is 86.8 Å². The molecule has 2 aliphatic rings. The number of carbonyl (C=O) groups excluding carboxylic acids is 2. The minimum atomic E-state index is -1.78. The summed E-state index contributed by atoms with van der Waals surface area (Å²) in [6, 6.07) is 0. The molecule has 2 saturated heterocycles. The van der Waals surface area contributed by atoms with E-state index in [4.69, 9.17) is 28.4 Å². The summed E-state index contributed by atoms with van der Waals surface area (Å²) in [5, 5.41) is 72.0. The fourth-order valence-corrected chi connectivity index (χ4v) is 7.24. The lowest BCUT2D eigenvalue weighted by Crippen LogP contribution is -2.61. The van der Waals surface area contributed by atoms with Gasteiger partial charge in [-0.1, -0.05) is 137 Å². The van der Waals surface area contributed by atoms with Gasteiger partial charge in [0.05, 0.1) is 19.8 Å². The van der Waals surface area contributed by atoms with Gasteiger partial charge in [0.15, 0.2) is 18.7 Å². The molecule has 2 fully saturated rings. The minimum absolute atomic E-state index is 0.0468. The quantitative estimate of drug-likeness (QED) is 0.0193. The second-order valence-electron chi connectivity index (χ2n) is 17.3. The van der Waals surface area contributed by atoms with Gasteiger partial charge in [0.1, 0.15) is 55.4 Å². The van der Waals surface area contributed by atoms with E-state index in [1.165, 1.54) is 38.5 Å². The number of ether oxygens (including phenoxy) is 6. The molecular formula is C53H86O15. The Morgan fingerprint density at radius 3 is 1.51 bits per heavy atom. The van der Waals surface area contributed by atoms with Crippen molar-refractivity contribution in [3.63, 3.8) is 0 Å². The first-order valence-electron chi connectivity index (χ1n) is 25.2. The summed E-state index contributed by atoms with van der Waals surface area (Å²) in [5.74, 6) is -1.05. The van der Waals surface area contributed by atoms with Gasteiger partial charge >= 0.3 is 11.9 Å². The fraction of sp³-hybridized carbons (Fsp3) is 0.698. The molecule has 0 aromatic rings. The zero-order chi connectivity index (χ0) is 49.6. The molecule has 0 aliphatic carbocycles. The minimum Gasteiger partial charge on any atom is -0.462 e. The Morgan fingerprint density at radius 2 is 0.956 bits per heavy atom. The topological polar surface area (TPSA) is 231 Å². The Hall–Kier alpha value is -3.32. The van der Waals surface area contributed by atoms with Gasteiger partial charge in [0, 0.05) is 12.8 Å². The van der Waals surface area contributed by atoms with Crippen molar-refractivity contribution in [2.45, 2.75) is 210 Å².